The zero-order valence-corrected chi connectivity index (χ0v) is 15.5. The Balaban J connectivity index is 1.24. The Hall–Kier alpha value is -3.07. The van der Waals surface area contributed by atoms with E-state index in [2.05, 4.69) is 60.2 Å². The highest BCUT2D eigenvalue weighted by molar-refractivity contribution is 5.97. The number of hydrogen-bond donors (Lipinski definition) is 2. The van der Waals surface area contributed by atoms with Crippen molar-refractivity contribution in [2.24, 2.45) is 0 Å². The van der Waals surface area contributed by atoms with Crippen LogP contribution in [-0.4, -0.2) is 66.4 Å². The Morgan fingerprint density at radius 3 is 2.79 bits per heavy atom. The van der Waals surface area contributed by atoms with Crippen molar-refractivity contribution in [1.82, 2.24) is 40.6 Å². The van der Waals surface area contributed by atoms with Crippen LogP contribution in [0.2, 0.25) is 0 Å². The van der Waals surface area contributed by atoms with Crippen LogP contribution in [0.1, 0.15) is 34.3 Å². The Bertz CT molecular complexity index is 941. The first-order valence-electron chi connectivity index (χ1n) is 9.66. The van der Waals surface area contributed by atoms with Gasteiger partial charge in [0.25, 0.3) is 5.91 Å². The highest BCUT2D eigenvalue weighted by Crippen LogP contribution is 2.27. The fourth-order valence-corrected chi connectivity index (χ4v) is 4.40. The van der Waals surface area contributed by atoms with E-state index < -0.39 is 0 Å². The summed E-state index contributed by atoms with van der Waals surface area (Å²) in [7, 11) is 0. The summed E-state index contributed by atoms with van der Waals surface area (Å²) in [5.41, 5.74) is 3.36. The van der Waals surface area contributed by atoms with Crippen LogP contribution in [0, 0.1) is 0 Å². The molecule has 28 heavy (non-hydrogen) atoms. The van der Waals surface area contributed by atoms with Crippen LogP contribution in [0.15, 0.2) is 36.8 Å². The average molecular weight is 378 g/mol. The van der Waals surface area contributed by atoms with Gasteiger partial charge in [0, 0.05) is 18.6 Å². The van der Waals surface area contributed by atoms with Gasteiger partial charge >= 0.3 is 0 Å². The third-order valence-corrected chi connectivity index (χ3v) is 5.78. The summed E-state index contributed by atoms with van der Waals surface area (Å²) in [5.74, 6) is 0.321. The van der Waals surface area contributed by atoms with Gasteiger partial charge in [-0.1, -0.05) is 24.3 Å². The zero-order chi connectivity index (χ0) is 18.9. The second-order valence-electron chi connectivity index (χ2n) is 7.53. The summed E-state index contributed by atoms with van der Waals surface area (Å²) < 4.78 is 1.41. The molecule has 3 aromatic rings. The van der Waals surface area contributed by atoms with Crippen molar-refractivity contribution >= 4 is 5.91 Å². The Labute approximate surface area is 162 Å². The summed E-state index contributed by atoms with van der Waals surface area (Å²) >= 11 is 0. The van der Waals surface area contributed by atoms with E-state index in [-0.39, 0.29) is 11.9 Å². The van der Waals surface area contributed by atoms with Gasteiger partial charge in [0.1, 0.15) is 11.9 Å². The molecule has 2 aliphatic rings. The normalized spacial score (nSPS) is 20.2. The van der Waals surface area contributed by atoms with Gasteiger partial charge in [-0.15, -0.1) is 5.10 Å². The second kappa shape index (κ2) is 7.16. The minimum absolute atomic E-state index is 0.126. The molecule has 3 heterocycles. The van der Waals surface area contributed by atoms with E-state index in [0.717, 1.165) is 38.8 Å². The third-order valence-electron chi connectivity index (χ3n) is 5.78. The molecule has 2 aromatic heterocycles. The fraction of sp³-hybridized carbons (Fsp3) is 0.421. The lowest BCUT2D eigenvalue weighted by Crippen LogP contribution is -2.51. The van der Waals surface area contributed by atoms with Crippen LogP contribution in [0.25, 0.3) is 5.82 Å². The van der Waals surface area contributed by atoms with Gasteiger partial charge in [-0.3, -0.25) is 14.8 Å². The summed E-state index contributed by atoms with van der Waals surface area (Å²) in [6, 6.07) is 9.36. The molecule has 1 aliphatic heterocycles. The Morgan fingerprint density at radius 1 is 1.21 bits per heavy atom. The van der Waals surface area contributed by atoms with E-state index in [1.165, 1.54) is 28.3 Å². The van der Waals surface area contributed by atoms with Crippen molar-refractivity contribution in [1.29, 1.82) is 0 Å². The maximum atomic E-state index is 12.8. The van der Waals surface area contributed by atoms with Crippen LogP contribution < -0.4 is 5.32 Å². The molecule has 1 amide bonds. The van der Waals surface area contributed by atoms with E-state index in [9.17, 15) is 4.79 Å². The molecular weight excluding hydrogens is 356 g/mol. The maximum Gasteiger partial charge on any atom is 0.257 e. The van der Waals surface area contributed by atoms with Crippen LogP contribution in [0.5, 0.6) is 0 Å². The molecule has 0 unspecified atom stereocenters. The minimum atomic E-state index is -0.152. The summed E-state index contributed by atoms with van der Waals surface area (Å²) in [5, 5.41) is 21.0. The lowest BCUT2D eigenvalue weighted by molar-refractivity contribution is 0.0876. The number of H-pyrrole nitrogens is 1. The number of fused-ring (bicyclic) bond motifs is 1. The standard InChI is InChI=1S/C19H22N8O/c28-19(17-10-20-23-18(17)27-12-21-24-25-27)22-15-6-3-7-26(11-15)16-8-13-4-1-2-5-14(13)9-16/h1-2,4-5,10,12,15-16H,3,6-9,11H2,(H,20,23)(H,22,28)/t15-/m1/s1. The number of likely N-dealkylation sites (tertiary alicyclic amines) is 1. The molecule has 0 saturated carbocycles. The third kappa shape index (κ3) is 3.18. The first kappa shape index (κ1) is 17.1. The molecule has 1 fully saturated rings. The number of piperidine rings is 1. The molecule has 9 nitrogen and oxygen atoms in total. The van der Waals surface area contributed by atoms with E-state index in [0.29, 0.717) is 17.4 Å². The molecule has 9 heteroatoms. The van der Waals surface area contributed by atoms with Crippen LogP contribution in [0.3, 0.4) is 0 Å². The van der Waals surface area contributed by atoms with E-state index >= 15 is 0 Å². The maximum absolute atomic E-state index is 12.8. The molecular formula is C19H22N8O. The smallest absolute Gasteiger partial charge is 0.257 e. The van der Waals surface area contributed by atoms with E-state index in [1.807, 2.05) is 0 Å². The lowest BCUT2D eigenvalue weighted by atomic mass is 10.0. The highest BCUT2D eigenvalue weighted by Gasteiger charge is 2.31. The van der Waals surface area contributed by atoms with Crippen molar-refractivity contribution in [2.45, 2.75) is 37.8 Å². The molecule has 1 aliphatic carbocycles. The number of aromatic amines is 1. The largest absolute Gasteiger partial charge is 0.348 e. The first-order valence-corrected chi connectivity index (χ1v) is 9.66. The number of carbonyl (C=O) groups excluding carboxylic acids is 1. The predicted octanol–water partition coefficient (Wildman–Crippen LogP) is 0.747. The Kier molecular flexibility index (Phi) is 4.36. The van der Waals surface area contributed by atoms with Crippen LogP contribution in [0.4, 0.5) is 0 Å². The first-order chi connectivity index (χ1) is 13.8. The topological polar surface area (TPSA) is 105 Å². The SMILES string of the molecule is O=C(N[C@@H]1CCCN(C2Cc3ccccc3C2)C1)c1cn[nH]c1-n1cnnn1. The van der Waals surface area contributed by atoms with Gasteiger partial charge in [0.2, 0.25) is 0 Å². The van der Waals surface area contributed by atoms with Gasteiger partial charge in [-0.25, -0.2) is 0 Å². The molecule has 1 saturated heterocycles. The van der Waals surface area contributed by atoms with Crippen LogP contribution >= 0.6 is 0 Å². The van der Waals surface area contributed by atoms with Gasteiger partial charge in [-0.2, -0.15) is 9.78 Å². The number of amides is 1. The average Bonchev–Trinajstić information content (AvgIpc) is 3.47. The second-order valence-corrected chi connectivity index (χ2v) is 7.53. The number of rotatable bonds is 4. The molecule has 0 radical (unpaired) electrons. The molecule has 1 aromatic carbocycles. The van der Waals surface area contributed by atoms with Gasteiger partial charge < -0.3 is 5.32 Å². The van der Waals surface area contributed by atoms with E-state index in [1.54, 1.807) is 0 Å². The van der Waals surface area contributed by atoms with Crippen molar-refractivity contribution in [3.8, 4) is 5.82 Å². The quantitative estimate of drug-likeness (QED) is 0.694. The number of hydrogen-bond acceptors (Lipinski definition) is 6. The number of aromatic nitrogens is 6. The van der Waals surface area contributed by atoms with Crippen LogP contribution in [-0.2, 0) is 12.8 Å². The van der Waals surface area contributed by atoms with Crippen molar-refractivity contribution < 1.29 is 4.79 Å². The number of tetrazole rings is 1. The summed E-state index contributed by atoms with van der Waals surface area (Å²) in [6.45, 7) is 1.97. The molecule has 2 N–H and O–H groups in total. The Morgan fingerprint density at radius 2 is 2.04 bits per heavy atom. The minimum Gasteiger partial charge on any atom is -0.348 e. The molecule has 1 atom stereocenters. The molecule has 0 spiro atoms. The molecule has 0 bridgehead atoms. The summed E-state index contributed by atoms with van der Waals surface area (Å²) in [4.78, 5) is 15.4. The van der Waals surface area contributed by atoms with Crippen molar-refractivity contribution in [3.05, 3.63) is 53.5 Å². The van der Waals surface area contributed by atoms with Crippen molar-refractivity contribution in [3.63, 3.8) is 0 Å². The summed E-state index contributed by atoms with van der Waals surface area (Å²) in [6.07, 6.45) is 7.22. The monoisotopic (exact) mass is 378 g/mol. The highest BCUT2D eigenvalue weighted by atomic mass is 16.1. The molecule has 144 valence electrons. The number of nitrogens with zero attached hydrogens (tertiary/aromatic N) is 6. The lowest BCUT2D eigenvalue weighted by Gasteiger charge is -2.37. The zero-order valence-electron chi connectivity index (χ0n) is 15.5. The predicted molar refractivity (Wildman–Crippen MR) is 101 cm³/mol. The van der Waals surface area contributed by atoms with E-state index in [4.69, 9.17) is 0 Å². The fourth-order valence-electron chi connectivity index (χ4n) is 4.40. The number of carbonyl (C=O) groups is 1. The van der Waals surface area contributed by atoms with Gasteiger partial charge in [-0.05, 0) is 53.8 Å². The molecule has 5 rings (SSSR count). The number of benzene rings is 1. The van der Waals surface area contributed by atoms with Crippen molar-refractivity contribution in [2.75, 3.05) is 13.1 Å². The van der Waals surface area contributed by atoms with Gasteiger partial charge in [0.05, 0.1) is 6.20 Å². The number of nitrogens with one attached hydrogen (secondary N) is 2. The van der Waals surface area contributed by atoms with Gasteiger partial charge in [0.15, 0.2) is 5.82 Å².